The molecule has 0 spiro atoms. The molecule has 1 unspecified atom stereocenters. The quantitative estimate of drug-likeness (QED) is 0.841. The highest BCUT2D eigenvalue weighted by Crippen LogP contribution is 2.18. The molecule has 1 amide bonds. The Bertz CT molecular complexity index is 415. The van der Waals surface area contributed by atoms with Gasteiger partial charge < -0.3 is 11.1 Å². The van der Waals surface area contributed by atoms with Crippen molar-refractivity contribution in [2.45, 2.75) is 52.6 Å². The normalized spacial score (nSPS) is 14.1. The molecular weight excluding hydrogens is 224 g/mol. The van der Waals surface area contributed by atoms with Crippen molar-refractivity contribution in [3.63, 3.8) is 0 Å². The Kier molecular flexibility index (Phi) is 5.35. The molecule has 100 valence electrons. The van der Waals surface area contributed by atoms with Gasteiger partial charge in [-0.15, -0.1) is 0 Å². The van der Waals surface area contributed by atoms with E-state index in [1.54, 1.807) is 0 Å². The Morgan fingerprint density at radius 3 is 2.61 bits per heavy atom. The Hall–Kier alpha value is -1.35. The monoisotopic (exact) mass is 248 g/mol. The van der Waals surface area contributed by atoms with Crippen LogP contribution in [0.25, 0.3) is 0 Å². The van der Waals surface area contributed by atoms with E-state index in [0.717, 1.165) is 18.4 Å². The van der Waals surface area contributed by atoms with Crippen molar-refractivity contribution < 1.29 is 4.79 Å². The predicted octanol–water partition coefficient (Wildman–Crippen LogP) is 2.61. The van der Waals surface area contributed by atoms with Gasteiger partial charge in [0.25, 0.3) is 0 Å². The van der Waals surface area contributed by atoms with E-state index in [4.69, 9.17) is 5.73 Å². The van der Waals surface area contributed by atoms with Crippen molar-refractivity contribution >= 4 is 5.91 Å². The highest BCUT2D eigenvalue weighted by molar-refractivity contribution is 5.81. The molecule has 0 aliphatic rings. The lowest BCUT2D eigenvalue weighted by Crippen LogP contribution is -2.41. The van der Waals surface area contributed by atoms with Crippen LogP contribution in [0.15, 0.2) is 18.2 Å². The van der Waals surface area contributed by atoms with Gasteiger partial charge in [-0.25, -0.2) is 0 Å². The van der Waals surface area contributed by atoms with Crippen LogP contribution in [0.4, 0.5) is 0 Å². The van der Waals surface area contributed by atoms with E-state index in [0.29, 0.717) is 0 Å². The smallest absolute Gasteiger partial charge is 0.237 e. The predicted molar refractivity (Wildman–Crippen MR) is 75.4 cm³/mol. The minimum atomic E-state index is -0.400. The van der Waals surface area contributed by atoms with E-state index in [9.17, 15) is 4.79 Å². The first-order chi connectivity index (χ1) is 8.45. The molecule has 0 aliphatic heterocycles. The molecule has 0 aliphatic carbocycles. The Labute approximate surface area is 110 Å². The lowest BCUT2D eigenvalue weighted by atomic mass is 10.00. The van der Waals surface area contributed by atoms with Crippen LogP contribution in [0.3, 0.4) is 0 Å². The number of hydrogen-bond donors (Lipinski definition) is 2. The van der Waals surface area contributed by atoms with Crippen molar-refractivity contribution in [2.24, 2.45) is 5.73 Å². The molecule has 3 nitrogen and oxygen atoms in total. The van der Waals surface area contributed by atoms with Gasteiger partial charge in [0.15, 0.2) is 0 Å². The number of carbonyl (C=O) groups excluding carboxylic acids is 1. The van der Waals surface area contributed by atoms with Crippen LogP contribution in [-0.2, 0) is 4.79 Å². The Morgan fingerprint density at radius 2 is 2.06 bits per heavy atom. The van der Waals surface area contributed by atoms with Crippen molar-refractivity contribution in [1.82, 2.24) is 5.32 Å². The molecule has 0 saturated carbocycles. The number of hydrogen-bond acceptors (Lipinski definition) is 2. The van der Waals surface area contributed by atoms with Crippen molar-refractivity contribution in [2.75, 3.05) is 0 Å². The fraction of sp³-hybridized carbons (Fsp3) is 0.533. The molecule has 3 N–H and O–H groups in total. The topological polar surface area (TPSA) is 55.1 Å². The summed E-state index contributed by atoms with van der Waals surface area (Å²) in [6, 6.07) is 5.87. The molecular formula is C15H24N2O. The third-order valence-corrected chi connectivity index (χ3v) is 3.19. The van der Waals surface area contributed by atoms with Crippen LogP contribution >= 0.6 is 0 Å². The van der Waals surface area contributed by atoms with Crippen molar-refractivity contribution in [3.05, 3.63) is 34.9 Å². The summed E-state index contributed by atoms with van der Waals surface area (Å²) in [5.41, 5.74) is 9.39. The standard InChI is InChI=1S/C15H24N2O/c1-5-6-14(16)15(18)17-12(4)13-8-7-10(2)9-11(13)3/h7-9,12,14H,5-6,16H2,1-4H3,(H,17,18)/t12?,14-/m0/s1. The second kappa shape index (κ2) is 6.55. The number of rotatable bonds is 5. The molecule has 3 heteroatoms. The van der Waals surface area contributed by atoms with E-state index in [1.165, 1.54) is 11.1 Å². The van der Waals surface area contributed by atoms with E-state index in [-0.39, 0.29) is 11.9 Å². The summed E-state index contributed by atoms with van der Waals surface area (Å²) in [5.74, 6) is -0.0654. The maximum Gasteiger partial charge on any atom is 0.237 e. The minimum absolute atomic E-state index is 0.000932. The fourth-order valence-corrected chi connectivity index (χ4v) is 2.15. The summed E-state index contributed by atoms with van der Waals surface area (Å²) in [6.07, 6.45) is 1.65. The zero-order chi connectivity index (χ0) is 13.7. The lowest BCUT2D eigenvalue weighted by molar-refractivity contribution is -0.123. The van der Waals surface area contributed by atoms with Gasteiger partial charge in [-0.05, 0) is 38.3 Å². The zero-order valence-corrected chi connectivity index (χ0v) is 11.8. The third-order valence-electron chi connectivity index (χ3n) is 3.19. The number of amides is 1. The van der Waals surface area contributed by atoms with Gasteiger partial charge in [0.1, 0.15) is 0 Å². The highest BCUT2D eigenvalue weighted by atomic mass is 16.2. The SMILES string of the molecule is CCC[C@H](N)C(=O)NC(C)c1ccc(C)cc1C. The van der Waals surface area contributed by atoms with Gasteiger partial charge in [-0.2, -0.15) is 0 Å². The van der Waals surface area contributed by atoms with Crippen molar-refractivity contribution in [3.8, 4) is 0 Å². The number of benzene rings is 1. The van der Waals surface area contributed by atoms with Gasteiger partial charge >= 0.3 is 0 Å². The largest absolute Gasteiger partial charge is 0.348 e. The van der Waals surface area contributed by atoms with Crippen molar-refractivity contribution in [1.29, 1.82) is 0 Å². The molecule has 1 rings (SSSR count). The molecule has 2 atom stereocenters. The Balaban J connectivity index is 2.70. The zero-order valence-electron chi connectivity index (χ0n) is 11.8. The van der Waals surface area contributed by atoms with Crippen LogP contribution in [-0.4, -0.2) is 11.9 Å². The molecule has 0 heterocycles. The molecule has 0 bridgehead atoms. The van der Waals surface area contributed by atoms with Crippen LogP contribution in [0.1, 0.15) is 49.4 Å². The van der Waals surface area contributed by atoms with Crippen LogP contribution in [0, 0.1) is 13.8 Å². The maximum atomic E-state index is 11.9. The molecule has 1 aromatic carbocycles. The third kappa shape index (κ3) is 3.84. The number of nitrogens with two attached hydrogens (primary N) is 1. The average Bonchev–Trinajstić information content (AvgIpc) is 2.28. The maximum absolute atomic E-state index is 11.9. The fourth-order valence-electron chi connectivity index (χ4n) is 2.15. The summed E-state index contributed by atoms with van der Waals surface area (Å²) in [5, 5.41) is 2.98. The second-order valence-electron chi connectivity index (χ2n) is 4.99. The number of carbonyl (C=O) groups is 1. The summed E-state index contributed by atoms with van der Waals surface area (Å²) in [7, 11) is 0. The lowest BCUT2D eigenvalue weighted by Gasteiger charge is -2.19. The number of nitrogens with one attached hydrogen (secondary N) is 1. The Morgan fingerprint density at radius 1 is 1.39 bits per heavy atom. The van der Waals surface area contributed by atoms with Gasteiger partial charge in [-0.1, -0.05) is 37.1 Å². The first kappa shape index (κ1) is 14.7. The minimum Gasteiger partial charge on any atom is -0.348 e. The molecule has 0 saturated heterocycles. The first-order valence-electron chi connectivity index (χ1n) is 6.58. The van der Waals surface area contributed by atoms with Crippen LogP contribution in [0.5, 0.6) is 0 Å². The van der Waals surface area contributed by atoms with E-state index >= 15 is 0 Å². The first-order valence-corrected chi connectivity index (χ1v) is 6.58. The molecule has 1 aromatic rings. The molecule has 18 heavy (non-hydrogen) atoms. The second-order valence-corrected chi connectivity index (χ2v) is 4.99. The van der Waals surface area contributed by atoms with Gasteiger partial charge in [-0.3, -0.25) is 4.79 Å². The summed E-state index contributed by atoms with van der Waals surface area (Å²) in [6.45, 7) is 8.16. The van der Waals surface area contributed by atoms with E-state index in [2.05, 4.69) is 37.4 Å². The van der Waals surface area contributed by atoms with Crippen LogP contribution in [0.2, 0.25) is 0 Å². The summed E-state index contributed by atoms with van der Waals surface area (Å²) in [4.78, 5) is 11.9. The van der Waals surface area contributed by atoms with Gasteiger partial charge in [0.05, 0.1) is 12.1 Å². The average molecular weight is 248 g/mol. The molecule has 0 fully saturated rings. The summed E-state index contributed by atoms with van der Waals surface area (Å²) < 4.78 is 0. The molecule has 0 radical (unpaired) electrons. The van der Waals surface area contributed by atoms with Crippen LogP contribution < -0.4 is 11.1 Å². The van der Waals surface area contributed by atoms with Gasteiger partial charge in [0, 0.05) is 0 Å². The highest BCUT2D eigenvalue weighted by Gasteiger charge is 2.16. The van der Waals surface area contributed by atoms with E-state index < -0.39 is 6.04 Å². The van der Waals surface area contributed by atoms with E-state index in [1.807, 2.05) is 13.8 Å². The number of aryl methyl sites for hydroxylation is 2. The summed E-state index contributed by atoms with van der Waals surface area (Å²) >= 11 is 0. The molecule has 0 aromatic heterocycles. The van der Waals surface area contributed by atoms with Gasteiger partial charge in [0.2, 0.25) is 5.91 Å².